The van der Waals surface area contributed by atoms with Crippen molar-refractivity contribution in [3.05, 3.63) is 42.0 Å². The molecule has 0 bridgehead atoms. The van der Waals surface area contributed by atoms with Gasteiger partial charge in [0.1, 0.15) is 0 Å². The standard InChI is InChI=1S/C14H14O2Se/c1-9(14(15)17)10-3-4-12-8-13(16-2)6-5-11(12)7-10/h3-9H,1-2H3,(H,15,17)/p-1/t9-/m0/s1. The number of carbonyl (C=O) groups is 1. The van der Waals surface area contributed by atoms with Crippen molar-refractivity contribution in [1.29, 1.82) is 0 Å². The number of hydrogen-bond acceptors (Lipinski definition) is 2. The first-order valence-electron chi connectivity index (χ1n) is 5.40. The Bertz CT molecular complexity index is 563. The molecule has 0 heterocycles. The number of fused-ring (bicyclic) bond motifs is 1. The molecule has 88 valence electrons. The molecule has 2 nitrogen and oxygen atoms in total. The summed E-state index contributed by atoms with van der Waals surface area (Å²) in [7, 11) is 1.66. The minimum absolute atomic E-state index is 0.0675. The van der Waals surface area contributed by atoms with E-state index in [2.05, 4.69) is 22.1 Å². The normalized spacial score (nSPS) is 12.4. The maximum atomic E-state index is 11.3. The summed E-state index contributed by atoms with van der Waals surface area (Å²) >= 11 is 2.55. The predicted molar refractivity (Wildman–Crippen MR) is 69.7 cm³/mol. The van der Waals surface area contributed by atoms with Gasteiger partial charge in [0.15, 0.2) is 0 Å². The first-order chi connectivity index (χ1) is 8.11. The maximum absolute atomic E-state index is 11.3. The number of ether oxygens (including phenoxy) is 1. The van der Waals surface area contributed by atoms with Crippen LogP contribution in [0.25, 0.3) is 10.8 Å². The van der Waals surface area contributed by atoms with Gasteiger partial charge in [0, 0.05) is 0 Å². The fourth-order valence-electron chi connectivity index (χ4n) is 1.77. The molecule has 17 heavy (non-hydrogen) atoms. The molecule has 0 saturated heterocycles. The summed E-state index contributed by atoms with van der Waals surface area (Å²) in [6.07, 6.45) is 0. The van der Waals surface area contributed by atoms with Crippen LogP contribution in [-0.2, 0) is 4.79 Å². The molecular weight excluding hydrogens is 279 g/mol. The van der Waals surface area contributed by atoms with Gasteiger partial charge < -0.3 is 0 Å². The Morgan fingerprint density at radius 2 is 1.82 bits per heavy atom. The molecule has 0 unspecified atom stereocenters. The Morgan fingerprint density at radius 1 is 1.18 bits per heavy atom. The van der Waals surface area contributed by atoms with Crippen LogP contribution in [0.4, 0.5) is 0 Å². The van der Waals surface area contributed by atoms with Crippen LogP contribution < -0.4 is 4.74 Å². The molecule has 0 radical (unpaired) electrons. The van der Waals surface area contributed by atoms with Crippen molar-refractivity contribution in [2.45, 2.75) is 12.8 Å². The first kappa shape index (κ1) is 12.2. The molecule has 1 atom stereocenters. The van der Waals surface area contributed by atoms with Crippen molar-refractivity contribution in [2.75, 3.05) is 7.11 Å². The van der Waals surface area contributed by atoms with Crippen molar-refractivity contribution < 1.29 is 9.53 Å². The predicted octanol–water partition coefficient (Wildman–Crippen LogP) is 2.65. The molecule has 0 saturated carbocycles. The van der Waals surface area contributed by atoms with E-state index in [1.165, 1.54) is 0 Å². The van der Waals surface area contributed by atoms with E-state index in [0.29, 0.717) is 0 Å². The fraction of sp³-hybridized carbons (Fsp3) is 0.214. The van der Waals surface area contributed by atoms with Crippen LogP contribution in [0.5, 0.6) is 5.75 Å². The van der Waals surface area contributed by atoms with Crippen LogP contribution in [-0.4, -0.2) is 27.8 Å². The summed E-state index contributed by atoms with van der Waals surface area (Å²) in [5.74, 6) is 0.750. The third kappa shape index (κ3) is 2.51. The summed E-state index contributed by atoms with van der Waals surface area (Å²) in [5, 5.41) is 2.24. The molecule has 0 aliphatic rings. The average molecular weight is 292 g/mol. The van der Waals surface area contributed by atoms with Crippen molar-refractivity contribution in [3.8, 4) is 5.75 Å². The number of rotatable bonds is 3. The summed E-state index contributed by atoms with van der Waals surface area (Å²) in [6.45, 7) is 1.91. The van der Waals surface area contributed by atoms with Gasteiger partial charge in [0.2, 0.25) is 0 Å². The zero-order chi connectivity index (χ0) is 12.4. The van der Waals surface area contributed by atoms with Gasteiger partial charge >= 0.3 is 109 Å². The second-order valence-corrected chi connectivity index (χ2v) is 4.86. The third-order valence-electron chi connectivity index (χ3n) is 2.93. The second-order valence-electron chi connectivity index (χ2n) is 4.01. The zero-order valence-electron chi connectivity index (χ0n) is 9.77. The van der Waals surface area contributed by atoms with Crippen LogP contribution in [0.1, 0.15) is 18.4 Å². The molecule has 2 aromatic carbocycles. The minimum atomic E-state index is -0.0958. The third-order valence-corrected chi connectivity index (χ3v) is 3.67. The summed E-state index contributed by atoms with van der Waals surface area (Å²) in [6, 6.07) is 12.0. The van der Waals surface area contributed by atoms with Gasteiger partial charge in [-0.05, 0) is 0 Å². The van der Waals surface area contributed by atoms with Gasteiger partial charge in [0.25, 0.3) is 0 Å². The van der Waals surface area contributed by atoms with Crippen LogP contribution in [0, 0.1) is 0 Å². The Morgan fingerprint density at radius 3 is 2.47 bits per heavy atom. The topological polar surface area (TPSA) is 26.3 Å². The molecule has 3 heteroatoms. The van der Waals surface area contributed by atoms with Crippen molar-refractivity contribution in [1.82, 2.24) is 0 Å². The summed E-state index contributed by atoms with van der Waals surface area (Å²) < 4.78 is 5.25. The van der Waals surface area contributed by atoms with E-state index in [1.54, 1.807) is 7.11 Å². The van der Waals surface area contributed by atoms with Gasteiger partial charge in [0.05, 0.1) is 0 Å². The van der Waals surface area contributed by atoms with E-state index >= 15 is 0 Å². The molecule has 0 aliphatic carbocycles. The first-order valence-corrected chi connectivity index (χ1v) is 6.26. The van der Waals surface area contributed by atoms with Crippen LogP contribution in [0.3, 0.4) is 0 Å². The van der Waals surface area contributed by atoms with Crippen molar-refractivity contribution in [2.24, 2.45) is 0 Å². The Balaban J connectivity index is 2.48. The second kappa shape index (κ2) is 4.91. The molecule has 0 N–H and O–H groups in total. The Hall–Kier alpha value is -1.31. The zero-order valence-corrected chi connectivity index (χ0v) is 11.5. The molecule has 2 aromatic rings. The van der Waals surface area contributed by atoms with E-state index in [0.717, 1.165) is 22.1 Å². The number of carbonyl (C=O) groups excluding carboxylic acids is 1. The van der Waals surface area contributed by atoms with E-state index in [-0.39, 0.29) is 10.6 Å². The van der Waals surface area contributed by atoms with Gasteiger partial charge in [-0.3, -0.25) is 0 Å². The van der Waals surface area contributed by atoms with E-state index in [9.17, 15) is 4.79 Å². The molecular formula is C14H13O2Se-. The van der Waals surface area contributed by atoms with Crippen molar-refractivity contribution >= 4 is 31.5 Å². The van der Waals surface area contributed by atoms with Gasteiger partial charge in [-0.2, -0.15) is 0 Å². The van der Waals surface area contributed by atoms with Gasteiger partial charge in [-0.1, -0.05) is 0 Å². The van der Waals surface area contributed by atoms with Crippen LogP contribution >= 0.6 is 0 Å². The fourth-order valence-corrected chi connectivity index (χ4v) is 2.06. The average Bonchev–Trinajstić information content (AvgIpc) is 2.36. The molecule has 0 aliphatic heterocycles. The van der Waals surface area contributed by atoms with Crippen LogP contribution in [0.2, 0.25) is 0 Å². The quantitative estimate of drug-likeness (QED) is 0.813. The van der Waals surface area contributed by atoms with Gasteiger partial charge in [-0.25, -0.2) is 0 Å². The number of benzene rings is 2. The summed E-state index contributed by atoms with van der Waals surface area (Å²) in [4.78, 5) is 11.3. The van der Waals surface area contributed by atoms with E-state index in [1.807, 2.05) is 37.3 Å². The SMILES string of the molecule is COc1ccc2cc([C@H](C)C(=O)[Se-])ccc2c1. The van der Waals surface area contributed by atoms with Crippen LogP contribution in [0.15, 0.2) is 36.4 Å². The molecule has 0 aromatic heterocycles. The number of hydrogen-bond donors (Lipinski definition) is 0. The molecule has 2 rings (SSSR count). The monoisotopic (exact) mass is 293 g/mol. The Kier molecular flexibility index (Phi) is 3.51. The molecule has 0 fully saturated rings. The molecule has 0 amide bonds. The number of methoxy groups -OCH3 is 1. The van der Waals surface area contributed by atoms with Gasteiger partial charge in [-0.15, -0.1) is 0 Å². The van der Waals surface area contributed by atoms with E-state index < -0.39 is 0 Å². The molecule has 0 spiro atoms. The van der Waals surface area contributed by atoms with Crippen molar-refractivity contribution in [3.63, 3.8) is 0 Å². The van der Waals surface area contributed by atoms with E-state index in [4.69, 9.17) is 4.74 Å². The summed E-state index contributed by atoms with van der Waals surface area (Å²) in [5.41, 5.74) is 1.03. The Labute approximate surface area is 109 Å².